The topological polar surface area (TPSA) is 69.7 Å². The number of anilines is 2. The number of rotatable bonds is 9. The van der Waals surface area contributed by atoms with E-state index in [4.69, 9.17) is 11.6 Å². The lowest BCUT2D eigenvalue weighted by atomic mass is 10.0. The van der Waals surface area contributed by atoms with Crippen LogP contribution >= 0.6 is 11.6 Å². The van der Waals surface area contributed by atoms with Crippen molar-refractivity contribution >= 4 is 39.0 Å². The number of carbonyl (C=O) groups is 1. The second-order valence-corrected chi connectivity index (χ2v) is 9.52. The molecule has 0 saturated carbocycles. The standard InChI is InChI=1S/C21H26ClN3O3S/c1-24-19-11-10-17(15-20(19)25(2)29(24,27)28)21(26)9-5-6-13-23-14-12-16-7-3-4-8-18(16)22/h3-4,7-8,10-11,15,23H,5-6,9,12-14H2,1-2H3. The molecule has 0 fully saturated rings. The highest BCUT2D eigenvalue weighted by atomic mass is 35.5. The molecule has 1 aliphatic heterocycles. The molecule has 0 spiro atoms. The van der Waals surface area contributed by atoms with Gasteiger partial charge in [0.1, 0.15) is 0 Å². The molecule has 1 N–H and O–H groups in total. The normalized spacial score (nSPS) is 14.9. The molecule has 6 nitrogen and oxygen atoms in total. The second-order valence-electron chi connectivity index (χ2n) is 7.12. The number of hydrogen-bond acceptors (Lipinski definition) is 4. The van der Waals surface area contributed by atoms with Crippen molar-refractivity contribution in [3.8, 4) is 0 Å². The highest BCUT2D eigenvalue weighted by Crippen LogP contribution is 2.39. The van der Waals surface area contributed by atoms with E-state index in [0.29, 0.717) is 23.4 Å². The number of ketones is 1. The minimum Gasteiger partial charge on any atom is -0.316 e. The van der Waals surface area contributed by atoms with Gasteiger partial charge in [-0.25, -0.2) is 0 Å². The second kappa shape index (κ2) is 9.15. The van der Waals surface area contributed by atoms with E-state index in [9.17, 15) is 13.2 Å². The van der Waals surface area contributed by atoms with E-state index in [2.05, 4.69) is 5.32 Å². The van der Waals surface area contributed by atoms with Gasteiger partial charge in [0.05, 0.1) is 11.4 Å². The molecule has 0 radical (unpaired) electrons. The molecule has 3 rings (SSSR count). The van der Waals surface area contributed by atoms with Gasteiger partial charge in [0.2, 0.25) is 0 Å². The van der Waals surface area contributed by atoms with Crippen LogP contribution in [0.25, 0.3) is 0 Å². The molecular formula is C21H26ClN3O3S. The highest BCUT2D eigenvalue weighted by molar-refractivity contribution is 7.94. The summed E-state index contributed by atoms with van der Waals surface area (Å²) in [5, 5.41) is 4.17. The Morgan fingerprint density at radius 2 is 1.72 bits per heavy atom. The molecule has 29 heavy (non-hydrogen) atoms. The predicted octanol–water partition coefficient (Wildman–Crippen LogP) is 3.66. The lowest BCUT2D eigenvalue weighted by Gasteiger charge is -2.13. The van der Waals surface area contributed by atoms with Crippen LogP contribution in [-0.2, 0) is 16.6 Å². The molecule has 2 aromatic carbocycles. The van der Waals surface area contributed by atoms with Gasteiger partial charge in [0.25, 0.3) is 0 Å². The molecule has 1 aliphatic rings. The number of fused-ring (bicyclic) bond motifs is 1. The minimum absolute atomic E-state index is 0.0317. The van der Waals surface area contributed by atoms with Crippen LogP contribution in [0.5, 0.6) is 0 Å². The van der Waals surface area contributed by atoms with Crippen molar-refractivity contribution < 1.29 is 13.2 Å². The zero-order valence-corrected chi connectivity index (χ0v) is 18.3. The summed E-state index contributed by atoms with van der Waals surface area (Å²) in [4.78, 5) is 12.5. The van der Waals surface area contributed by atoms with Crippen LogP contribution in [0.4, 0.5) is 11.4 Å². The summed E-state index contributed by atoms with van der Waals surface area (Å²) in [5.74, 6) is 0.0317. The molecular weight excluding hydrogens is 410 g/mol. The lowest BCUT2D eigenvalue weighted by molar-refractivity contribution is 0.0979. The van der Waals surface area contributed by atoms with Crippen LogP contribution in [0.15, 0.2) is 42.5 Å². The Morgan fingerprint density at radius 1 is 1.00 bits per heavy atom. The molecule has 0 amide bonds. The zero-order valence-electron chi connectivity index (χ0n) is 16.7. The van der Waals surface area contributed by atoms with Crippen LogP contribution in [0.1, 0.15) is 35.2 Å². The van der Waals surface area contributed by atoms with Crippen LogP contribution in [0.3, 0.4) is 0 Å². The fraction of sp³-hybridized carbons (Fsp3) is 0.381. The van der Waals surface area contributed by atoms with Crippen molar-refractivity contribution in [2.45, 2.75) is 25.7 Å². The Labute approximate surface area is 177 Å². The van der Waals surface area contributed by atoms with E-state index < -0.39 is 10.2 Å². The number of unbranched alkanes of at least 4 members (excludes halogenated alkanes) is 1. The third kappa shape index (κ3) is 4.74. The van der Waals surface area contributed by atoms with Crippen molar-refractivity contribution in [2.75, 3.05) is 35.8 Å². The van der Waals surface area contributed by atoms with E-state index >= 15 is 0 Å². The molecule has 0 unspecified atom stereocenters. The Balaban J connectivity index is 1.42. The van der Waals surface area contributed by atoms with Gasteiger partial charge in [-0.3, -0.25) is 13.4 Å². The maximum absolute atomic E-state index is 12.5. The third-order valence-corrected chi connectivity index (χ3v) is 7.35. The Kier molecular flexibility index (Phi) is 6.82. The van der Waals surface area contributed by atoms with Crippen molar-refractivity contribution in [1.29, 1.82) is 0 Å². The number of benzene rings is 2. The van der Waals surface area contributed by atoms with Gasteiger partial charge >= 0.3 is 10.2 Å². The zero-order chi connectivity index (χ0) is 21.0. The molecule has 0 bridgehead atoms. The predicted molar refractivity (Wildman–Crippen MR) is 118 cm³/mol. The number of halogens is 1. The highest BCUT2D eigenvalue weighted by Gasteiger charge is 2.35. The Bertz CT molecular complexity index is 994. The molecule has 0 atom stereocenters. The molecule has 1 heterocycles. The summed E-state index contributed by atoms with van der Waals surface area (Å²) in [5.41, 5.74) is 2.81. The van der Waals surface area contributed by atoms with Crippen molar-refractivity contribution in [1.82, 2.24) is 5.32 Å². The van der Waals surface area contributed by atoms with E-state index in [1.54, 1.807) is 18.2 Å². The number of carbonyl (C=O) groups excluding carboxylic acids is 1. The molecule has 0 aliphatic carbocycles. The summed E-state index contributed by atoms with van der Waals surface area (Å²) in [6.45, 7) is 1.69. The SMILES string of the molecule is CN1c2ccc(C(=O)CCCCNCCc3ccccc3Cl)cc2N(C)S1(=O)=O. The van der Waals surface area contributed by atoms with Gasteiger partial charge in [-0.2, -0.15) is 8.42 Å². The van der Waals surface area contributed by atoms with Gasteiger partial charge in [0, 0.05) is 31.1 Å². The quantitative estimate of drug-likeness (QED) is 0.482. The smallest absolute Gasteiger partial charge is 0.316 e. The van der Waals surface area contributed by atoms with Crippen LogP contribution in [-0.4, -0.2) is 41.4 Å². The summed E-state index contributed by atoms with van der Waals surface area (Å²) < 4.78 is 26.8. The molecule has 156 valence electrons. The number of nitrogens with one attached hydrogen (secondary N) is 1. The van der Waals surface area contributed by atoms with Gasteiger partial charge in [-0.15, -0.1) is 0 Å². The Hall–Kier alpha value is -2.09. The Morgan fingerprint density at radius 3 is 2.48 bits per heavy atom. The van der Waals surface area contributed by atoms with E-state index in [1.165, 1.54) is 22.7 Å². The number of Topliss-reactive ketones (excluding diaryl/α,β-unsaturated/α-hetero) is 1. The van der Waals surface area contributed by atoms with Crippen LogP contribution in [0, 0.1) is 0 Å². The number of hydrogen-bond donors (Lipinski definition) is 1. The maximum atomic E-state index is 12.5. The lowest BCUT2D eigenvalue weighted by Crippen LogP contribution is -2.32. The average molecular weight is 436 g/mol. The first-order chi connectivity index (χ1) is 13.8. The van der Waals surface area contributed by atoms with Gasteiger partial charge in [-0.1, -0.05) is 29.8 Å². The molecule has 8 heteroatoms. The first kappa shape index (κ1) is 21.6. The summed E-state index contributed by atoms with van der Waals surface area (Å²) in [6.07, 6.45) is 3.00. The monoisotopic (exact) mass is 435 g/mol. The minimum atomic E-state index is -3.52. The van der Waals surface area contributed by atoms with E-state index in [-0.39, 0.29) is 5.78 Å². The fourth-order valence-electron chi connectivity index (χ4n) is 3.38. The molecule has 0 aromatic heterocycles. The number of nitrogens with zero attached hydrogens (tertiary/aromatic N) is 2. The van der Waals surface area contributed by atoms with Crippen molar-refractivity contribution in [3.63, 3.8) is 0 Å². The van der Waals surface area contributed by atoms with Crippen molar-refractivity contribution in [3.05, 3.63) is 58.6 Å². The van der Waals surface area contributed by atoms with E-state index in [0.717, 1.165) is 42.9 Å². The summed E-state index contributed by atoms with van der Waals surface area (Å²) in [6, 6.07) is 12.9. The van der Waals surface area contributed by atoms with E-state index in [1.807, 2.05) is 24.3 Å². The first-order valence-electron chi connectivity index (χ1n) is 9.66. The average Bonchev–Trinajstić information content (AvgIpc) is 2.88. The van der Waals surface area contributed by atoms with Gasteiger partial charge in [-0.05, 0) is 62.2 Å². The molecule has 2 aromatic rings. The van der Waals surface area contributed by atoms with Gasteiger partial charge < -0.3 is 5.32 Å². The largest absolute Gasteiger partial charge is 0.326 e. The third-order valence-electron chi connectivity index (χ3n) is 5.20. The summed E-state index contributed by atoms with van der Waals surface area (Å²) in [7, 11) is -0.507. The van der Waals surface area contributed by atoms with Gasteiger partial charge in [0.15, 0.2) is 5.78 Å². The van der Waals surface area contributed by atoms with Crippen LogP contribution < -0.4 is 13.9 Å². The summed E-state index contributed by atoms with van der Waals surface area (Å²) >= 11 is 6.14. The van der Waals surface area contributed by atoms with Crippen molar-refractivity contribution in [2.24, 2.45) is 0 Å². The van der Waals surface area contributed by atoms with Crippen LogP contribution in [0.2, 0.25) is 5.02 Å². The fourth-order valence-corrected chi connectivity index (χ4v) is 4.77. The first-order valence-corrected chi connectivity index (χ1v) is 11.4. The molecule has 0 saturated heterocycles. The maximum Gasteiger partial charge on any atom is 0.326 e.